The monoisotopic (exact) mass is 465 g/mol. The van der Waals surface area contributed by atoms with Gasteiger partial charge in [0.25, 0.3) is 5.91 Å². The number of hydrogen-bond acceptors (Lipinski definition) is 5. The summed E-state index contributed by atoms with van der Waals surface area (Å²) in [6, 6.07) is 25.8. The number of aromatic amines is 1. The van der Waals surface area contributed by atoms with Crippen LogP contribution < -0.4 is 5.32 Å². The van der Waals surface area contributed by atoms with Crippen LogP contribution in [0.25, 0.3) is 28.0 Å². The lowest BCUT2D eigenvalue weighted by molar-refractivity contribution is -0.142. The van der Waals surface area contributed by atoms with Crippen LogP contribution in [-0.2, 0) is 16.0 Å². The van der Waals surface area contributed by atoms with E-state index in [-0.39, 0.29) is 12.2 Å². The Morgan fingerprint density at radius 3 is 2.40 bits per heavy atom. The molecule has 0 aliphatic rings. The fourth-order valence-corrected chi connectivity index (χ4v) is 4.01. The van der Waals surface area contributed by atoms with Crippen molar-refractivity contribution >= 4 is 22.8 Å². The topological polar surface area (TPSA) is 102 Å². The number of nitrogens with zero attached hydrogens (tertiary/aromatic N) is 3. The molecule has 0 aliphatic heterocycles. The minimum absolute atomic E-state index is 0.0412. The number of esters is 1. The molecule has 0 saturated carbocycles. The van der Waals surface area contributed by atoms with E-state index >= 15 is 0 Å². The minimum atomic E-state index is -0.907. The molecule has 2 N–H and O–H groups in total. The number of amides is 1. The van der Waals surface area contributed by atoms with Crippen LogP contribution >= 0.6 is 0 Å². The maximum absolute atomic E-state index is 13.2. The van der Waals surface area contributed by atoms with Crippen molar-refractivity contribution in [2.45, 2.75) is 12.5 Å². The van der Waals surface area contributed by atoms with Crippen molar-refractivity contribution in [1.29, 1.82) is 0 Å². The lowest BCUT2D eigenvalue weighted by atomic mass is 10.0. The Bertz CT molecular complexity index is 1420. The molecule has 8 heteroatoms. The summed E-state index contributed by atoms with van der Waals surface area (Å²) in [6.07, 6.45) is 2.09. The predicted octanol–water partition coefficient (Wildman–Crippen LogP) is 3.93. The summed E-state index contributed by atoms with van der Waals surface area (Å²) in [7, 11) is 1.30. The van der Waals surface area contributed by atoms with Gasteiger partial charge < -0.3 is 15.0 Å². The average molecular weight is 466 g/mol. The Labute approximate surface area is 201 Å². The van der Waals surface area contributed by atoms with E-state index in [1.54, 1.807) is 4.68 Å². The van der Waals surface area contributed by atoms with Gasteiger partial charge in [-0.3, -0.25) is 4.79 Å². The highest BCUT2D eigenvalue weighted by Crippen LogP contribution is 2.22. The third kappa shape index (κ3) is 4.54. The molecule has 2 heterocycles. The van der Waals surface area contributed by atoms with E-state index in [4.69, 9.17) is 4.74 Å². The molecule has 0 saturated heterocycles. The molecular weight excluding hydrogens is 442 g/mol. The number of carbonyl (C=O) groups is 2. The molecule has 35 heavy (non-hydrogen) atoms. The first-order valence-electron chi connectivity index (χ1n) is 11.2. The second-order valence-electron chi connectivity index (χ2n) is 7.99. The Hall–Kier alpha value is -4.72. The smallest absolute Gasteiger partial charge is 0.328 e. The van der Waals surface area contributed by atoms with E-state index in [1.807, 2.05) is 91.1 Å². The summed E-state index contributed by atoms with van der Waals surface area (Å²) in [4.78, 5) is 33.5. The van der Waals surface area contributed by atoms with Gasteiger partial charge in [-0.15, -0.1) is 5.10 Å². The molecular formula is C27H23N5O3. The fraction of sp³-hybridized carbons (Fsp3) is 0.111. The molecule has 5 rings (SSSR count). The maximum atomic E-state index is 13.2. The van der Waals surface area contributed by atoms with Crippen LogP contribution in [0.4, 0.5) is 0 Å². The van der Waals surface area contributed by atoms with E-state index in [9.17, 15) is 9.59 Å². The van der Waals surface area contributed by atoms with Crippen molar-refractivity contribution in [2.75, 3.05) is 7.11 Å². The molecule has 0 bridgehead atoms. The summed E-state index contributed by atoms with van der Waals surface area (Å²) in [5.74, 6) is -0.629. The van der Waals surface area contributed by atoms with Crippen LogP contribution in [0.2, 0.25) is 0 Å². The van der Waals surface area contributed by atoms with Gasteiger partial charge in [0, 0.05) is 29.1 Å². The number of methoxy groups -OCH3 is 1. The van der Waals surface area contributed by atoms with E-state index in [2.05, 4.69) is 20.4 Å². The number of benzene rings is 3. The van der Waals surface area contributed by atoms with Gasteiger partial charge in [-0.1, -0.05) is 66.7 Å². The minimum Gasteiger partial charge on any atom is -0.467 e. The second kappa shape index (κ2) is 9.64. The predicted molar refractivity (Wildman–Crippen MR) is 132 cm³/mol. The van der Waals surface area contributed by atoms with Gasteiger partial charge in [-0.2, -0.15) is 0 Å². The van der Waals surface area contributed by atoms with Crippen molar-refractivity contribution in [3.8, 4) is 17.1 Å². The number of ether oxygens (including phenoxy) is 1. The van der Waals surface area contributed by atoms with Crippen LogP contribution in [0.3, 0.4) is 0 Å². The summed E-state index contributed by atoms with van der Waals surface area (Å²) in [5.41, 5.74) is 3.42. The quantitative estimate of drug-likeness (QED) is 0.355. The lowest BCUT2D eigenvalue weighted by Gasteiger charge is -2.15. The molecule has 174 valence electrons. The van der Waals surface area contributed by atoms with E-state index in [1.165, 1.54) is 7.11 Å². The number of aromatic nitrogens is 4. The highest BCUT2D eigenvalue weighted by atomic mass is 16.5. The second-order valence-corrected chi connectivity index (χ2v) is 7.99. The number of H-pyrrole nitrogens is 1. The van der Waals surface area contributed by atoms with Gasteiger partial charge >= 0.3 is 5.97 Å². The lowest BCUT2D eigenvalue weighted by Crippen LogP contribution is -2.43. The normalized spacial score (nSPS) is 11.8. The van der Waals surface area contributed by atoms with Gasteiger partial charge in [0.1, 0.15) is 6.04 Å². The molecule has 1 unspecified atom stereocenters. The zero-order valence-corrected chi connectivity index (χ0v) is 19.0. The van der Waals surface area contributed by atoms with Crippen LogP contribution in [0.1, 0.15) is 16.2 Å². The Morgan fingerprint density at radius 2 is 1.66 bits per heavy atom. The molecule has 1 atom stereocenters. The summed E-state index contributed by atoms with van der Waals surface area (Å²) in [6.45, 7) is 0. The third-order valence-corrected chi connectivity index (χ3v) is 5.73. The number of nitrogens with one attached hydrogen (secondary N) is 2. The zero-order valence-electron chi connectivity index (χ0n) is 19.0. The van der Waals surface area contributed by atoms with Gasteiger partial charge in [-0.25, -0.2) is 14.5 Å². The Kier molecular flexibility index (Phi) is 6.09. The third-order valence-electron chi connectivity index (χ3n) is 5.73. The average Bonchev–Trinajstić information content (AvgIpc) is 3.54. The van der Waals surface area contributed by atoms with Gasteiger partial charge in [0.15, 0.2) is 5.82 Å². The van der Waals surface area contributed by atoms with Gasteiger partial charge in [-0.05, 0) is 23.8 Å². The van der Waals surface area contributed by atoms with Gasteiger partial charge in [0.2, 0.25) is 5.82 Å². The molecule has 0 aliphatic carbocycles. The van der Waals surface area contributed by atoms with Crippen LogP contribution in [0.15, 0.2) is 91.1 Å². The molecule has 2 aromatic heterocycles. The first kappa shape index (κ1) is 22.1. The van der Waals surface area contributed by atoms with Crippen molar-refractivity contribution in [1.82, 2.24) is 25.1 Å². The Balaban J connectivity index is 1.46. The van der Waals surface area contributed by atoms with E-state index < -0.39 is 17.9 Å². The molecule has 0 spiro atoms. The largest absolute Gasteiger partial charge is 0.467 e. The van der Waals surface area contributed by atoms with Crippen molar-refractivity contribution in [3.05, 3.63) is 103 Å². The molecule has 3 aromatic carbocycles. The maximum Gasteiger partial charge on any atom is 0.328 e. The highest BCUT2D eigenvalue weighted by Gasteiger charge is 2.27. The number of hydrogen-bond donors (Lipinski definition) is 2. The number of para-hydroxylation sites is 2. The van der Waals surface area contributed by atoms with Gasteiger partial charge in [0.05, 0.1) is 12.8 Å². The molecule has 1 amide bonds. The first-order valence-corrected chi connectivity index (χ1v) is 11.2. The Morgan fingerprint density at radius 1 is 0.971 bits per heavy atom. The van der Waals surface area contributed by atoms with Crippen LogP contribution in [0.5, 0.6) is 0 Å². The SMILES string of the molecule is COC(=O)C(Cc1c[nH]c2ccccc12)NC(=O)c1nc(-c2ccccc2)n(-c2ccccc2)n1. The number of carbonyl (C=O) groups excluding carboxylic acids is 2. The van der Waals surface area contributed by atoms with Crippen molar-refractivity contribution in [2.24, 2.45) is 0 Å². The van der Waals surface area contributed by atoms with Crippen LogP contribution in [-0.4, -0.2) is 44.8 Å². The number of rotatable bonds is 7. The molecule has 8 nitrogen and oxygen atoms in total. The summed E-state index contributed by atoms with van der Waals surface area (Å²) >= 11 is 0. The molecule has 5 aromatic rings. The summed E-state index contributed by atoms with van der Waals surface area (Å²) < 4.78 is 6.59. The van der Waals surface area contributed by atoms with Crippen molar-refractivity contribution in [3.63, 3.8) is 0 Å². The standard InChI is InChI=1S/C27H23N5O3/c1-35-27(34)23(16-19-17-28-22-15-9-8-14-21(19)22)29-26(33)24-30-25(18-10-4-2-5-11-18)32(31-24)20-12-6-3-7-13-20/h2-15,17,23,28H,16H2,1H3,(H,29,33). The first-order chi connectivity index (χ1) is 17.1. The van der Waals surface area contributed by atoms with Crippen LogP contribution in [0, 0.1) is 0 Å². The van der Waals surface area contributed by atoms with E-state index in [0.717, 1.165) is 27.7 Å². The van der Waals surface area contributed by atoms with E-state index in [0.29, 0.717) is 5.82 Å². The highest BCUT2D eigenvalue weighted by molar-refractivity contribution is 5.94. The zero-order chi connectivity index (χ0) is 24.2. The number of fused-ring (bicyclic) bond motifs is 1. The summed E-state index contributed by atoms with van der Waals surface area (Å²) in [5, 5.41) is 8.22. The fourth-order valence-electron chi connectivity index (χ4n) is 4.01. The van der Waals surface area contributed by atoms with Crippen molar-refractivity contribution < 1.29 is 14.3 Å². The molecule has 0 fully saturated rings. The molecule has 0 radical (unpaired) electrons.